The Bertz CT molecular complexity index is 332. The Hall–Kier alpha value is -0.500. The molecule has 0 spiro atoms. The number of anilines is 1. The standard InChI is InChI=1S/C6H3Br2F3N2O/c7-2-1-3(14-6(9,10)11)13-5(8)4(2)12/h1H,12H2. The Morgan fingerprint density at radius 3 is 2.36 bits per heavy atom. The summed E-state index contributed by atoms with van der Waals surface area (Å²) in [7, 11) is 0. The average Bonchev–Trinajstić information content (AvgIpc) is 1.96. The van der Waals surface area contributed by atoms with Crippen molar-refractivity contribution in [3.63, 3.8) is 0 Å². The van der Waals surface area contributed by atoms with Crippen LogP contribution in [0.1, 0.15) is 0 Å². The molecule has 0 aliphatic rings. The lowest BCUT2D eigenvalue weighted by Gasteiger charge is -2.09. The fourth-order valence-electron chi connectivity index (χ4n) is 0.645. The second-order valence-corrected chi connectivity index (χ2v) is 3.80. The molecule has 14 heavy (non-hydrogen) atoms. The molecule has 1 aromatic rings. The molecule has 0 aliphatic heterocycles. The van der Waals surface area contributed by atoms with Gasteiger partial charge in [0.2, 0.25) is 5.88 Å². The van der Waals surface area contributed by atoms with Gasteiger partial charge in [-0.3, -0.25) is 0 Å². The maximum Gasteiger partial charge on any atom is 0.574 e. The van der Waals surface area contributed by atoms with E-state index in [0.29, 0.717) is 0 Å². The third-order valence-electron chi connectivity index (χ3n) is 1.16. The molecule has 8 heteroatoms. The highest BCUT2D eigenvalue weighted by atomic mass is 79.9. The van der Waals surface area contributed by atoms with E-state index < -0.39 is 12.2 Å². The molecule has 1 rings (SSSR count). The van der Waals surface area contributed by atoms with Gasteiger partial charge >= 0.3 is 6.36 Å². The molecule has 1 heterocycles. The van der Waals surface area contributed by atoms with Gasteiger partial charge in [0.25, 0.3) is 0 Å². The summed E-state index contributed by atoms with van der Waals surface area (Å²) in [5.74, 6) is -0.578. The first-order valence-corrected chi connectivity index (χ1v) is 4.75. The maximum atomic E-state index is 11.8. The van der Waals surface area contributed by atoms with Crippen LogP contribution in [-0.4, -0.2) is 11.3 Å². The molecule has 1 aromatic heterocycles. The monoisotopic (exact) mass is 334 g/mol. The molecule has 0 saturated heterocycles. The quantitative estimate of drug-likeness (QED) is 0.802. The molecule has 0 aliphatic carbocycles. The molecule has 2 N–H and O–H groups in total. The highest BCUT2D eigenvalue weighted by Crippen LogP contribution is 2.31. The molecule has 0 amide bonds. The lowest BCUT2D eigenvalue weighted by Crippen LogP contribution is -2.18. The highest BCUT2D eigenvalue weighted by Gasteiger charge is 2.32. The smallest absolute Gasteiger partial charge is 0.396 e. The zero-order chi connectivity index (χ0) is 10.9. The van der Waals surface area contributed by atoms with Gasteiger partial charge in [0.05, 0.1) is 5.69 Å². The minimum atomic E-state index is -4.76. The van der Waals surface area contributed by atoms with Crippen molar-refractivity contribution in [3.8, 4) is 5.88 Å². The van der Waals surface area contributed by atoms with Crippen LogP contribution in [0.3, 0.4) is 0 Å². The van der Waals surface area contributed by atoms with Crippen molar-refractivity contribution in [2.24, 2.45) is 0 Å². The minimum Gasteiger partial charge on any atom is -0.396 e. The lowest BCUT2D eigenvalue weighted by atomic mass is 10.4. The molecule has 0 atom stereocenters. The van der Waals surface area contributed by atoms with Gasteiger partial charge in [0.1, 0.15) is 4.60 Å². The normalized spacial score (nSPS) is 11.5. The summed E-state index contributed by atoms with van der Waals surface area (Å²) in [5, 5.41) is 0. The fourth-order valence-corrected chi connectivity index (χ4v) is 1.68. The Morgan fingerprint density at radius 1 is 1.36 bits per heavy atom. The van der Waals surface area contributed by atoms with Crippen molar-refractivity contribution in [2.75, 3.05) is 5.73 Å². The van der Waals surface area contributed by atoms with Crippen molar-refractivity contribution < 1.29 is 17.9 Å². The first kappa shape index (κ1) is 11.6. The molecule has 0 saturated carbocycles. The molecular weight excluding hydrogens is 333 g/mol. The first-order chi connectivity index (χ1) is 6.29. The first-order valence-electron chi connectivity index (χ1n) is 3.17. The second kappa shape index (κ2) is 3.93. The van der Waals surface area contributed by atoms with Gasteiger partial charge in [-0.1, -0.05) is 0 Å². The number of hydrogen-bond acceptors (Lipinski definition) is 3. The summed E-state index contributed by atoms with van der Waals surface area (Å²) in [6.07, 6.45) is -4.76. The molecular formula is C6H3Br2F3N2O. The second-order valence-electron chi connectivity index (χ2n) is 2.19. The largest absolute Gasteiger partial charge is 0.574 e. The van der Waals surface area contributed by atoms with Crippen LogP contribution in [0, 0.1) is 0 Å². The van der Waals surface area contributed by atoms with Crippen LogP contribution in [0.4, 0.5) is 18.9 Å². The Kier molecular flexibility index (Phi) is 3.25. The molecule has 0 fully saturated rings. The molecule has 78 valence electrons. The van der Waals surface area contributed by atoms with Gasteiger partial charge in [0.15, 0.2) is 0 Å². The van der Waals surface area contributed by atoms with E-state index in [0.717, 1.165) is 6.07 Å². The van der Waals surface area contributed by atoms with E-state index in [2.05, 4.69) is 41.6 Å². The van der Waals surface area contributed by atoms with Crippen molar-refractivity contribution in [2.45, 2.75) is 6.36 Å². The number of hydrogen-bond donors (Lipinski definition) is 1. The number of aromatic nitrogens is 1. The Morgan fingerprint density at radius 2 is 1.93 bits per heavy atom. The predicted octanol–water partition coefficient (Wildman–Crippen LogP) is 3.09. The van der Waals surface area contributed by atoms with Crippen LogP contribution >= 0.6 is 31.9 Å². The number of nitrogen functional groups attached to an aromatic ring is 1. The number of nitrogens with zero attached hydrogens (tertiary/aromatic N) is 1. The lowest BCUT2D eigenvalue weighted by molar-refractivity contribution is -0.276. The molecule has 0 bridgehead atoms. The van der Waals surface area contributed by atoms with Crippen LogP contribution in [0.15, 0.2) is 15.1 Å². The summed E-state index contributed by atoms with van der Waals surface area (Å²) < 4.78 is 39.3. The third kappa shape index (κ3) is 3.02. The predicted molar refractivity (Wildman–Crippen MR) is 50.7 cm³/mol. The Balaban J connectivity index is 3.02. The maximum absolute atomic E-state index is 11.8. The van der Waals surface area contributed by atoms with Crippen molar-refractivity contribution >= 4 is 37.5 Å². The van der Waals surface area contributed by atoms with Crippen LogP contribution < -0.4 is 10.5 Å². The zero-order valence-corrected chi connectivity index (χ0v) is 9.57. The summed E-state index contributed by atoms with van der Waals surface area (Å²) in [6.45, 7) is 0. The molecule has 0 unspecified atom stereocenters. The van der Waals surface area contributed by atoms with Gasteiger partial charge < -0.3 is 10.5 Å². The van der Waals surface area contributed by atoms with Crippen LogP contribution in [0.2, 0.25) is 0 Å². The van der Waals surface area contributed by atoms with E-state index in [-0.39, 0.29) is 14.8 Å². The number of ether oxygens (including phenoxy) is 1. The summed E-state index contributed by atoms with van der Waals surface area (Å²) in [6, 6.07) is 1.04. The van der Waals surface area contributed by atoms with E-state index in [9.17, 15) is 13.2 Å². The minimum absolute atomic E-state index is 0.0890. The Labute approximate surface area is 93.7 Å². The van der Waals surface area contributed by atoms with Gasteiger partial charge in [0, 0.05) is 10.5 Å². The van der Waals surface area contributed by atoms with Gasteiger partial charge in [-0.15, -0.1) is 13.2 Å². The van der Waals surface area contributed by atoms with E-state index in [1.54, 1.807) is 0 Å². The van der Waals surface area contributed by atoms with Gasteiger partial charge in [-0.25, -0.2) is 4.98 Å². The van der Waals surface area contributed by atoms with E-state index in [1.165, 1.54) is 0 Å². The topological polar surface area (TPSA) is 48.1 Å². The van der Waals surface area contributed by atoms with Crippen molar-refractivity contribution in [1.29, 1.82) is 0 Å². The van der Waals surface area contributed by atoms with Crippen LogP contribution in [0.5, 0.6) is 5.88 Å². The molecule has 0 radical (unpaired) electrons. The molecule has 0 aromatic carbocycles. The van der Waals surface area contributed by atoms with Crippen molar-refractivity contribution in [3.05, 3.63) is 15.1 Å². The number of halogens is 5. The van der Waals surface area contributed by atoms with Gasteiger partial charge in [-0.2, -0.15) is 0 Å². The summed E-state index contributed by atoms with van der Waals surface area (Å²) in [4.78, 5) is 3.44. The molecule has 3 nitrogen and oxygen atoms in total. The summed E-state index contributed by atoms with van der Waals surface area (Å²) in [5.41, 5.74) is 5.63. The van der Waals surface area contributed by atoms with Gasteiger partial charge in [-0.05, 0) is 31.9 Å². The number of alkyl halides is 3. The SMILES string of the molecule is Nc1c(Br)cc(OC(F)(F)F)nc1Br. The van der Waals surface area contributed by atoms with E-state index in [4.69, 9.17) is 5.73 Å². The van der Waals surface area contributed by atoms with E-state index in [1.807, 2.05) is 0 Å². The fraction of sp³-hybridized carbons (Fsp3) is 0.167. The number of pyridine rings is 1. The third-order valence-corrected chi connectivity index (χ3v) is 2.42. The van der Waals surface area contributed by atoms with Crippen LogP contribution in [0.25, 0.3) is 0 Å². The van der Waals surface area contributed by atoms with E-state index >= 15 is 0 Å². The van der Waals surface area contributed by atoms with Crippen LogP contribution in [-0.2, 0) is 0 Å². The number of rotatable bonds is 1. The highest BCUT2D eigenvalue weighted by molar-refractivity contribution is 9.11. The zero-order valence-electron chi connectivity index (χ0n) is 6.40. The number of nitrogens with two attached hydrogens (primary N) is 1. The average molecular weight is 336 g/mol. The van der Waals surface area contributed by atoms with Crippen molar-refractivity contribution in [1.82, 2.24) is 4.98 Å². The summed E-state index contributed by atoms with van der Waals surface area (Å²) >= 11 is 5.85.